The zero-order valence-electron chi connectivity index (χ0n) is 11.6. The Bertz CT molecular complexity index is 396. The molecule has 0 radical (unpaired) electrons. The summed E-state index contributed by atoms with van der Waals surface area (Å²) in [5, 5.41) is 3.92. The Morgan fingerprint density at radius 2 is 1.79 bits per heavy atom. The van der Waals surface area contributed by atoms with Crippen LogP contribution in [-0.2, 0) is 0 Å². The van der Waals surface area contributed by atoms with Gasteiger partial charge in [0.15, 0.2) is 0 Å². The van der Waals surface area contributed by atoms with Gasteiger partial charge in [0.2, 0.25) is 0 Å². The lowest BCUT2D eigenvalue weighted by Crippen LogP contribution is -2.36. The summed E-state index contributed by atoms with van der Waals surface area (Å²) >= 11 is 2.09. The molecule has 3 rings (SSSR count). The average Bonchev–Trinajstić information content (AvgIpc) is 3.31. The minimum absolute atomic E-state index is 0.555. The summed E-state index contributed by atoms with van der Waals surface area (Å²) in [4.78, 5) is 0. The van der Waals surface area contributed by atoms with Gasteiger partial charge in [0.05, 0.1) is 7.11 Å². The molecule has 104 valence electrons. The van der Waals surface area contributed by atoms with Crippen molar-refractivity contribution in [3.8, 4) is 5.75 Å². The molecule has 1 unspecified atom stereocenters. The van der Waals surface area contributed by atoms with Gasteiger partial charge in [-0.1, -0.05) is 12.1 Å². The Morgan fingerprint density at radius 1 is 1.11 bits per heavy atom. The number of benzene rings is 1. The molecule has 1 N–H and O–H groups in total. The second-order valence-electron chi connectivity index (χ2n) is 5.64. The molecule has 3 heteroatoms. The van der Waals surface area contributed by atoms with Gasteiger partial charge < -0.3 is 10.1 Å². The van der Waals surface area contributed by atoms with Crippen molar-refractivity contribution < 1.29 is 4.74 Å². The van der Waals surface area contributed by atoms with Crippen LogP contribution in [0.15, 0.2) is 24.3 Å². The number of thioether (sulfide) groups is 1. The zero-order valence-corrected chi connectivity index (χ0v) is 12.4. The van der Waals surface area contributed by atoms with Crippen molar-refractivity contribution in [2.24, 2.45) is 5.92 Å². The molecule has 0 spiro atoms. The van der Waals surface area contributed by atoms with Crippen molar-refractivity contribution in [3.63, 3.8) is 0 Å². The summed E-state index contributed by atoms with van der Waals surface area (Å²) in [6, 6.07) is 9.90. The van der Waals surface area contributed by atoms with Crippen LogP contribution in [0, 0.1) is 5.92 Å². The number of ether oxygens (including phenoxy) is 1. The summed E-state index contributed by atoms with van der Waals surface area (Å²) in [5.74, 6) is 4.44. The van der Waals surface area contributed by atoms with Gasteiger partial charge in [0.1, 0.15) is 5.75 Å². The van der Waals surface area contributed by atoms with Crippen molar-refractivity contribution in [2.75, 3.05) is 18.6 Å². The zero-order chi connectivity index (χ0) is 13.1. The van der Waals surface area contributed by atoms with Crippen molar-refractivity contribution in [3.05, 3.63) is 29.8 Å². The Kier molecular flexibility index (Phi) is 4.34. The van der Waals surface area contributed by atoms with Gasteiger partial charge in [-0.25, -0.2) is 0 Å². The lowest BCUT2D eigenvalue weighted by atomic mass is 10.00. The molecule has 1 aliphatic heterocycles. The molecule has 0 bridgehead atoms. The van der Waals surface area contributed by atoms with E-state index in [1.807, 2.05) is 0 Å². The van der Waals surface area contributed by atoms with Gasteiger partial charge in [-0.05, 0) is 60.8 Å². The lowest BCUT2D eigenvalue weighted by molar-refractivity contribution is 0.384. The van der Waals surface area contributed by atoms with Crippen LogP contribution in [0.5, 0.6) is 5.75 Å². The van der Waals surface area contributed by atoms with E-state index in [4.69, 9.17) is 4.74 Å². The van der Waals surface area contributed by atoms with Gasteiger partial charge in [0.25, 0.3) is 0 Å². The minimum Gasteiger partial charge on any atom is -0.497 e. The Balaban J connectivity index is 1.68. The maximum Gasteiger partial charge on any atom is 0.118 e. The standard InChI is InChI=1S/C16H23NOS/c1-18-15-6-4-13(5-7-15)16(12-2-3-12)17-14-8-10-19-11-9-14/h4-7,12,14,16-17H,2-3,8-11H2,1H3. The molecule has 2 fully saturated rings. The van der Waals surface area contributed by atoms with E-state index in [1.54, 1.807) is 7.11 Å². The van der Waals surface area contributed by atoms with Crippen molar-refractivity contribution in [1.82, 2.24) is 5.32 Å². The first kappa shape index (κ1) is 13.3. The van der Waals surface area contributed by atoms with Gasteiger partial charge in [-0.15, -0.1) is 0 Å². The molecule has 1 heterocycles. The minimum atomic E-state index is 0.555. The smallest absolute Gasteiger partial charge is 0.118 e. The van der Waals surface area contributed by atoms with Crippen LogP contribution in [0.1, 0.15) is 37.3 Å². The van der Waals surface area contributed by atoms with Crippen LogP contribution in [-0.4, -0.2) is 24.7 Å². The molecule has 1 saturated carbocycles. The molecule has 19 heavy (non-hydrogen) atoms. The Labute approximate surface area is 120 Å². The highest BCUT2D eigenvalue weighted by Crippen LogP contribution is 2.42. The largest absolute Gasteiger partial charge is 0.497 e. The van der Waals surface area contributed by atoms with E-state index in [0.29, 0.717) is 12.1 Å². The first-order valence-corrected chi connectivity index (χ1v) is 8.50. The molecule has 2 nitrogen and oxygen atoms in total. The number of nitrogens with one attached hydrogen (secondary N) is 1. The molecule has 0 aromatic heterocycles. The first-order valence-electron chi connectivity index (χ1n) is 7.34. The highest BCUT2D eigenvalue weighted by atomic mass is 32.2. The second kappa shape index (κ2) is 6.19. The lowest BCUT2D eigenvalue weighted by Gasteiger charge is -2.29. The third-order valence-electron chi connectivity index (χ3n) is 4.20. The molecule has 1 atom stereocenters. The van der Waals surface area contributed by atoms with Gasteiger partial charge >= 0.3 is 0 Å². The number of hydrogen-bond acceptors (Lipinski definition) is 3. The molecule has 0 amide bonds. The first-order chi connectivity index (χ1) is 9.36. The molecule has 1 aromatic rings. The molecule has 1 aliphatic carbocycles. The van der Waals surface area contributed by atoms with E-state index < -0.39 is 0 Å². The van der Waals surface area contributed by atoms with Crippen molar-refractivity contribution in [2.45, 2.75) is 37.8 Å². The van der Waals surface area contributed by atoms with Crippen LogP contribution in [0.25, 0.3) is 0 Å². The number of methoxy groups -OCH3 is 1. The third kappa shape index (κ3) is 3.46. The monoisotopic (exact) mass is 277 g/mol. The molecule has 1 aromatic carbocycles. The van der Waals surface area contributed by atoms with Crippen LogP contribution in [0.4, 0.5) is 0 Å². The predicted octanol–water partition coefficient (Wildman–Crippen LogP) is 3.63. The van der Waals surface area contributed by atoms with E-state index in [2.05, 4.69) is 41.3 Å². The van der Waals surface area contributed by atoms with Gasteiger partial charge in [0, 0.05) is 12.1 Å². The molecule has 1 saturated heterocycles. The molecule has 2 aliphatic rings. The SMILES string of the molecule is COc1ccc(C(NC2CCSCC2)C2CC2)cc1. The fraction of sp³-hybridized carbons (Fsp3) is 0.625. The Hall–Kier alpha value is -0.670. The highest BCUT2D eigenvalue weighted by Gasteiger charge is 2.33. The highest BCUT2D eigenvalue weighted by molar-refractivity contribution is 7.99. The summed E-state index contributed by atoms with van der Waals surface area (Å²) in [6.07, 6.45) is 5.41. The van der Waals surface area contributed by atoms with E-state index in [-0.39, 0.29) is 0 Å². The van der Waals surface area contributed by atoms with E-state index in [0.717, 1.165) is 11.7 Å². The maximum absolute atomic E-state index is 5.25. The second-order valence-corrected chi connectivity index (χ2v) is 6.87. The van der Waals surface area contributed by atoms with E-state index in [9.17, 15) is 0 Å². The fourth-order valence-corrected chi connectivity index (χ4v) is 3.97. The van der Waals surface area contributed by atoms with Crippen LogP contribution < -0.4 is 10.1 Å². The average molecular weight is 277 g/mol. The van der Waals surface area contributed by atoms with Crippen molar-refractivity contribution in [1.29, 1.82) is 0 Å². The predicted molar refractivity (Wildman–Crippen MR) is 81.9 cm³/mol. The summed E-state index contributed by atoms with van der Waals surface area (Å²) < 4.78 is 5.25. The maximum atomic E-state index is 5.25. The third-order valence-corrected chi connectivity index (χ3v) is 5.25. The molecular formula is C16H23NOS. The summed E-state index contributed by atoms with van der Waals surface area (Å²) in [6.45, 7) is 0. The van der Waals surface area contributed by atoms with Gasteiger partial charge in [-0.3, -0.25) is 0 Å². The normalized spacial score (nSPS) is 22.2. The summed E-state index contributed by atoms with van der Waals surface area (Å²) in [5.41, 5.74) is 1.43. The fourth-order valence-electron chi connectivity index (χ4n) is 2.86. The van der Waals surface area contributed by atoms with E-state index in [1.165, 1.54) is 42.8 Å². The topological polar surface area (TPSA) is 21.3 Å². The molecular weight excluding hydrogens is 254 g/mol. The van der Waals surface area contributed by atoms with Crippen LogP contribution >= 0.6 is 11.8 Å². The number of hydrogen-bond donors (Lipinski definition) is 1. The number of rotatable bonds is 5. The van der Waals surface area contributed by atoms with Crippen molar-refractivity contribution >= 4 is 11.8 Å². The van der Waals surface area contributed by atoms with Crippen LogP contribution in [0.2, 0.25) is 0 Å². The van der Waals surface area contributed by atoms with Crippen LogP contribution in [0.3, 0.4) is 0 Å². The summed E-state index contributed by atoms with van der Waals surface area (Å²) in [7, 11) is 1.73. The quantitative estimate of drug-likeness (QED) is 0.888. The van der Waals surface area contributed by atoms with E-state index >= 15 is 0 Å². The Morgan fingerprint density at radius 3 is 2.37 bits per heavy atom. The van der Waals surface area contributed by atoms with Gasteiger partial charge in [-0.2, -0.15) is 11.8 Å².